The molecular weight excluding hydrogens is 192 g/mol. The number of allylic oxidation sites excluding steroid dienone is 2. The summed E-state index contributed by atoms with van der Waals surface area (Å²) in [5.41, 5.74) is 4.17. The predicted octanol–water partition coefficient (Wildman–Crippen LogP) is 4.44. The van der Waals surface area contributed by atoms with Gasteiger partial charge in [-0.1, -0.05) is 54.6 Å². The summed E-state index contributed by atoms with van der Waals surface area (Å²) in [5.74, 6) is 0. The van der Waals surface area contributed by atoms with E-state index in [1.165, 1.54) is 27.5 Å². The Balaban J connectivity index is 2.43. The van der Waals surface area contributed by atoms with E-state index in [0.717, 1.165) is 6.42 Å². The Bertz CT molecular complexity index is 601. The molecule has 0 saturated heterocycles. The minimum Gasteiger partial charge on any atom is -0.0871 e. The summed E-state index contributed by atoms with van der Waals surface area (Å²) in [7, 11) is 0. The molecule has 0 N–H and O–H groups in total. The maximum atomic E-state index is 2.25. The molecule has 0 aliphatic heterocycles. The summed E-state index contributed by atoms with van der Waals surface area (Å²) in [6.07, 6.45) is 9.84. The second-order valence-electron chi connectivity index (χ2n) is 4.19. The fourth-order valence-electron chi connectivity index (χ4n) is 2.50. The molecule has 0 amide bonds. The zero-order valence-electron chi connectivity index (χ0n) is 9.40. The molecule has 16 heavy (non-hydrogen) atoms. The van der Waals surface area contributed by atoms with Crippen LogP contribution in [0, 0.1) is 0 Å². The van der Waals surface area contributed by atoms with E-state index in [1.807, 2.05) is 0 Å². The maximum Gasteiger partial charge on any atom is -0.00703 e. The molecule has 1 aliphatic carbocycles. The van der Waals surface area contributed by atoms with Gasteiger partial charge in [-0.15, -0.1) is 0 Å². The maximum absolute atomic E-state index is 2.25. The molecule has 0 unspecified atom stereocenters. The van der Waals surface area contributed by atoms with E-state index in [4.69, 9.17) is 0 Å². The average molecular weight is 206 g/mol. The van der Waals surface area contributed by atoms with Gasteiger partial charge in [-0.05, 0) is 40.8 Å². The molecule has 3 rings (SSSR count). The lowest BCUT2D eigenvalue weighted by atomic mass is 9.89. The zero-order valence-corrected chi connectivity index (χ0v) is 9.40. The number of hydrogen-bond acceptors (Lipinski definition) is 0. The van der Waals surface area contributed by atoms with Crippen LogP contribution in [0.15, 0.2) is 42.5 Å². The first-order valence-corrected chi connectivity index (χ1v) is 5.74. The third-order valence-electron chi connectivity index (χ3n) is 3.19. The molecule has 0 spiro atoms. The highest BCUT2D eigenvalue weighted by Gasteiger charge is 2.10. The average Bonchev–Trinajstić information content (AvgIpc) is 2.33. The van der Waals surface area contributed by atoms with E-state index in [9.17, 15) is 0 Å². The second-order valence-corrected chi connectivity index (χ2v) is 4.19. The first-order chi connectivity index (χ1) is 7.90. The molecule has 0 atom stereocenters. The van der Waals surface area contributed by atoms with E-state index in [1.54, 1.807) is 0 Å². The lowest BCUT2D eigenvalue weighted by Gasteiger charge is -2.15. The van der Waals surface area contributed by atoms with Crippen molar-refractivity contribution in [3.05, 3.63) is 59.2 Å². The Morgan fingerprint density at radius 1 is 1.12 bits per heavy atom. The van der Waals surface area contributed by atoms with Gasteiger partial charge in [0.2, 0.25) is 0 Å². The largest absolute Gasteiger partial charge is 0.0871 e. The summed E-state index contributed by atoms with van der Waals surface area (Å²) in [6.45, 7) is 2.07. The molecule has 0 heteroatoms. The molecule has 78 valence electrons. The second kappa shape index (κ2) is 3.64. The smallest absolute Gasteiger partial charge is 0.00703 e. The van der Waals surface area contributed by atoms with Crippen LogP contribution in [0.25, 0.3) is 22.9 Å². The van der Waals surface area contributed by atoms with E-state index in [-0.39, 0.29) is 0 Å². The van der Waals surface area contributed by atoms with Gasteiger partial charge in [0.25, 0.3) is 0 Å². The van der Waals surface area contributed by atoms with Crippen molar-refractivity contribution in [2.45, 2.75) is 13.3 Å². The van der Waals surface area contributed by atoms with Crippen LogP contribution in [-0.4, -0.2) is 0 Å². The third-order valence-corrected chi connectivity index (χ3v) is 3.19. The molecule has 0 nitrogen and oxygen atoms in total. The highest BCUT2D eigenvalue weighted by atomic mass is 14.1. The predicted molar refractivity (Wildman–Crippen MR) is 71.4 cm³/mol. The van der Waals surface area contributed by atoms with Crippen molar-refractivity contribution in [2.75, 3.05) is 0 Å². The van der Waals surface area contributed by atoms with Crippen molar-refractivity contribution in [3.63, 3.8) is 0 Å². The van der Waals surface area contributed by atoms with Gasteiger partial charge in [-0.25, -0.2) is 0 Å². The molecule has 1 aliphatic rings. The minimum absolute atomic E-state index is 1.05. The Hall–Kier alpha value is -1.82. The Labute approximate surface area is 95.9 Å². The van der Waals surface area contributed by atoms with Crippen LogP contribution in [0.4, 0.5) is 0 Å². The highest BCUT2D eigenvalue weighted by Crippen LogP contribution is 2.31. The first kappa shape index (κ1) is 9.41. The monoisotopic (exact) mass is 206 g/mol. The van der Waals surface area contributed by atoms with Gasteiger partial charge in [0.1, 0.15) is 0 Å². The standard InChI is InChI=1S/C16H14/c1-2-5-12-10-11-14-7-3-6-13-8-4-9-15(12)16(13)14/h2-8,10-11H,9H2,1H3/b5-2-. The van der Waals surface area contributed by atoms with Crippen molar-refractivity contribution in [1.29, 1.82) is 0 Å². The van der Waals surface area contributed by atoms with E-state index >= 15 is 0 Å². The number of hydrogen-bond donors (Lipinski definition) is 0. The van der Waals surface area contributed by atoms with Crippen molar-refractivity contribution in [2.24, 2.45) is 0 Å². The fourth-order valence-corrected chi connectivity index (χ4v) is 2.50. The molecule has 0 fully saturated rings. The molecule has 0 bridgehead atoms. The van der Waals surface area contributed by atoms with Gasteiger partial charge in [0.15, 0.2) is 0 Å². The minimum atomic E-state index is 1.05. The topological polar surface area (TPSA) is 0 Å². The van der Waals surface area contributed by atoms with Crippen molar-refractivity contribution < 1.29 is 0 Å². The summed E-state index contributed by atoms with van der Waals surface area (Å²) in [4.78, 5) is 0. The summed E-state index contributed by atoms with van der Waals surface area (Å²) >= 11 is 0. The Kier molecular flexibility index (Phi) is 2.14. The molecule has 0 aromatic heterocycles. The van der Waals surface area contributed by atoms with Gasteiger partial charge >= 0.3 is 0 Å². The molecule has 0 saturated carbocycles. The summed E-state index contributed by atoms with van der Waals surface area (Å²) < 4.78 is 0. The van der Waals surface area contributed by atoms with Gasteiger partial charge in [-0.2, -0.15) is 0 Å². The van der Waals surface area contributed by atoms with E-state index < -0.39 is 0 Å². The summed E-state index contributed by atoms with van der Waals surface area (Å²) in [5, 5.41) is 2.78. The first-order valence-electron chi connectivity index (χ1n) is 5.74. The molecule has 0 heterocycles. The van der Waals surface area contributed by atoms with E-state index in [2.05, 4.69) is 61.6 Å². The lowest BCUT2D eigenvalue weighted by Crippen LogP contribution is -1.95. The lowest BCUT2D eigenvalue weighted by molar-refractivity contribution is 1.28. The van der Waals surface area contributed by atoms with Crippen LogP contribution in [0.1, 0.15) is 23.6 Å². The number of rotatable bonds is 1. The van der Waals surface area contributed by atoms with Crippen LogP contribution in [0.5, 0.6) is 0 Å². The zero-order chi connectivity index (χ0) is 11.0. The van der Waals surface area contributed by atoms with E-state index in [0.29, 0.717) is 0 Å². The van der Waals surface area contributed by atoms with Crippen LogP contribution in [-0.2, 0) is 6.42 Å². The van der Waals surface area contributed by atoms with Crippen molar-refractivity contribution in [1.82, 2.24) is 0 Å². The molecular formula is C16H14. The van der Waals surface area contributed by atoms with Crippen LogP contribution in [0.3, 0.4) is 0 Å². The van der Waals surface area contributed by atoms with Crippen molar-refractivity contribution in [3.8, 4) is 0 Å². The van der Waals surface area contributed by atoms with Crippen LogP contribution >= 0.6 is 0 Å². The highest BCUT2D eigenvalue weighted by molar-refractivity contribution is 5.97. The number of benzene rings is 2. The van der Waals surface area contributed by atoms with Gasteiger partial charge in [0, 0.05) is 0 Å². The van der Waals surface area contributed by atoms with Gasteiger partial charge in [0.05, 0.1) is 0 Å². The van der Waals surface area contributed by atoms with Crippen LogP contribution < -0.4 is 0 Å². The van der Waals surface area contributed by atoms with Crippen molar-refractivity contribution >= 4 is 22.9 Å². The third kappa shape index (κ3) is 1.30. The molecule has 2 aromatic carbocycles. The quantitative estimate of drug-likeness (QED) is 0.647. The normalized spacial score (nSPS) is 13.8. The Morgan fingerprint density at radius 2 is 2.06 bits per heavy atom. The summed E-state index contributed by atoms with van der Waals surface area (Å²) in [6, 6.07) is 11.0. The van der Waals surface area contributed by atoms with Gasteiger partial charge in [-0.3, -0.25) is 0 Å². The Morgan fingerprint density at radius 3 is 2.94 bits per heavy atom. The molecule has 2 aromatic rings. The van der Waals surface area contributed by atoms with Gasteiger partial charge < -0.3 is 0 Å². The SMILES string of the molecule is C/C=C\c1ccc2cccc3c2c1CC=C3. The van der Waals surface area contributed by atoms with Crippen LogP contribution in [0.2, 0.25) is 0 Å². The molecule has 0 radical (unpaired) electrons. The fraction of sp³-hybridized carbons (Fsp3) is 0.125.